The van der Waals surface area contributed by atoms with Crippen molar-refractivity contribution in [1.82, 2.24) is 9.13 Å². The van der Waals surface area contributed by atoms with Gasteiger partial charge in [0.2, 0.25) is 0 Å². The molecule has 0 N–H and O–H groups in total. The van der Waals surface area contributed by atoms with Crippen LogP contribution in [-0.2, 0) is 32.5 Å². The first-order valence-corrected chi connectivity index (χ1v) is 54.1. The molecule has 722 valence electrons. The molecular weight excluding hydrogens is 1850 g/mol. The predicted molar refractivity (Wildman–Crippen MR) is 639 cm³/mol. The minimum atomic E-state index is -0.509. The predicted octanol–water partition coefficient (Wildman–Crippen LogP) is 38.2. The van der Waals surface area contributed by atoms with Gasteiger partial charge in [0.15, 0.2) is 0 Å². The van der Waals surface area contributed by atoms with Crippen LogP contribution in [0, 0.1) is 11.3 Å². The van der Waals surface area contributed by atoms with E-state index in [0.29, 0.717) is 5.56 Å². The van der Waals surface area contributed by atoms with Crippen molar-refractivity contribution in [1.29, 1.82) is 5.26 Å². The Bertz CT molecular complexity index is 9750. The molecule has 10 heteroatoms. The van der Waals surface area contributed by atoms with Crippen LogP contribution in [-0.4, -0.2) is 15.8 Å². The minimum Gasteiger partial charge on any atom is -0.456 e. The molecule has 0 atom stereocenters. The largest absolute Gasteiger partial charge is 0.456 e. The van der Waals surface area contributed by atoms with E-state index in [9.17, 15) is 5.26 Å². The highest BCUT2D eigenvalue weighted by atomic mass is 32.1. The van der Waals surface area contributed by atoms with E-state index in [2.05, 4.69) is 508 Å². The second-order valence-electron chi connectivity index (χ2n) is 47.8. The van der Waals surface area contributed by atoms with Crippen molar-refractivity contribution in [3.63, 3.8) is 0 Å². The van der Waals surface area contributed by atoms with Crippen LogP contribution in [0.5, 0.6) is 0 Å². The number of para-hydroxylation sites is 2. The van der Waals surface area contributed by atoms with Crippen LogP contribution < -0.4 is 26.2 Å². The highest BCUT2D eigenvalue weighted by Crippen LogP contribution is 2.60. The van der Waals surface area contributed by atoms with Crippen LogP contribution in [0.15, 0.2) is 373 Å². The quantitative estimate of drug-likeness (QED) is 0.128. The molecule has 0 fully saturated rings. The molecule has 0 aliphatic carbocycles. The summed E-state index contributed by atoms with van der Waals surface area (Å²) in [5, 5.41) is 24.6. The molecule has 19 aromatic carbocycles. The summed E-state index contributed by atoms with van der Waals surface area (Å²) in [5.74, 6) is 0. The van der Waals surface area contributed by atoms with Gasteiger partial charge in [-0.2, -0.15) is 5.26 Å². The van der Waals surface area contributed by atoms with Crippen LogP contribution in [0.25, 0.3) is 206 Å². The molecule has 0 unspecified atom stereocenters. The van der Waals surface area contributed by atoms with Crippen LogP contribution >= 0.6 is 22.7 Å². The molecule has 2 aliphatic heterocycles. The Balaban J connectivity index is 0.897. The zero-order valence-electron chi connectivity index (χ0n) is 87.6. The summed E-state index contributed by atoms with van der Waals surface area (Å²) in [6, 6.07) is 143. The number of benzene rings is 19. The van der Waals surface area contributed by atoms with Crippen molar-refractivity contribution >= 4 is 208 Å². The Labute approximate surface area is 878 Å². The lowest BCUT2D eigenvalue weighted by atomic mass is 9.33. The van der Waals surface area contributed by atoms with Crippen LogP contribution in [0.4, 0.5) is 34.1 Å². The molecule has 2 aliphatic rings. The number of nitriles is 1. The van der Waals surface area contributed by atoms with Gasteiger partial charge in [0.25, 0.3) is 6.71 Å². The molecule has 0 spiro atoms. The van der Waals surface area contributed by atoms with Gasteiger partial charge in [-0.05, 0) is 291 Å². The number of hydrogen-bond acceptors (Lipinski definition) is 7. The van der Waals surface area contributed by atoms with Crippen molar-refractivity contribution in [2.24, 2.45) is 0 Å². The lowest BCUT2D eigenvalue weighted by Gasteiger charge is -2.46. The first-order chi connectivity index (χ1) is 71.6. The lowest BCUT2D eigenvalue weighted by molar-refractivity contribution is 0.590. The Kier molecular flexibility index (Phi) is 20.3. The maximum atomic E-state index is 11.1. The van der Waals surface area contributed by atoms with Crippen molar-refractivity contribution < 1.29 is 8.83 Å². The molecule has 27 rings (SSSR count). The summed E-state index contributed by atoms with van der Waals surface area (Å²) in [6.07, 6.45) is 0. The average molecular weight is 1960 g/mol. The van der Waals surface area contributed by atoms with E-state index >= 15 is 0 Å². The maximum Gasteiger partial charge on any atom is 0.252 e. The highest BCUT2D eigenvalue weighted by Gasteiger charge is 2.48. The van der Waals surface area contributed by atoms with E-state index in [1.165, 1.54) is 78.9 Å². The van der Waals surface area contributed by atoms with Crippen LogP contribution in [0.3, 0.4) is 0 Å². The van der Waals surface area contributed by atoms with Gasteiger partial charge < -0.3 is 27.8 Å². The van der Waals surface area contributed by atoms with Gasteiger partial charge >= 0.3 is 0 Å². The van der Waals surface area contributed by atoms with E-state index in [0.717, 1.165) is 211 Å². The van der Waals surface area contributed by atoms with Crippen molar-refractivity contribution in [3.05, 3.63) is 403 Å². The zero-order chi connectivity index (χ0) is 102. The van der Waals surface area contributed by atoms with Crippen LogP contribution in [0.1, 0.15) is 164 Å². The first-order valence-electron chi connectivity index (χ1n) is 52.5. The lowest BCUT2D eigenvalue weighted by Crippen LogP contribution is -2.61. The normalized spacial score (nSPS) is 13.3. The third-order valence-corrected chi connectivity index (χ3v) is 34.5. The Morgan fingerprint density at radius 2 is 0.617 bits per heavy atom. The number of furan rings is 2. The average Bonchev–Trinajstić information content (AvgIpc) is 1.47. The fourth-order valence-corrected chi connectivity index (χ4v) is 26.7. The summed E-state index contributed by atoms with van der Waals surface area (Å²) >= 11 is 3.76. The van der Waals surface area contributed by atoms with E-state index in [-0.39, 0.29) is 27.1 Å². The molecule has 6 aromatic heterocycles. The third kappa shape index (κ3) is 14.5. The summed E-state index contributed by atoms with van der Waals surface area (Å²) in [6.45, 7) is 41.9. The standard InChI is InChI=1S/C139H114BN5O2S2/c1-134(2,3)85-54-61-112-102(69-85)101-64-80(79-141)52-59-111(101)142(112)91-57-58-109-116(76-91)145(133-105(93-40-30-46-121-127(93)97-36-22-26-44-119(97)146-121)72-89(138(13,14)15)73-106(133)94-41-31-47-122-128(94)98-37-23-27-45-120(98)147-122)118-78-92(143-113-62-55-86(135(4,5)6)70-103(113)104-71-87(136(7,8)9)56-63-114(104)143)77-117-131(118)140(109)110-68-82(84-65-83(81-34-20-19-21-35-81)66-88(67-84)137(10,11)12)53-60-115(110)144(117)132-107(95-42-32-50-125-129(95)99-38-24-28-48-123(99)148-125)74-90(139(16,17)18)75-108(132)96-43-33-51-126-130(96)100-39-25-29-49-124(100)149-126/h19-78H,1-18H3. The first kappa shape index (κ1) is 91.6. The summed E-state index contributed by atoms with van der Waals surface area (Å²) in [4.78, 5) is 5.60. The number of hydrogen-bond donors (Lipinski definition) is 0. The number of nitrogens with zero attached hydrogens (tertiary/aromatic N) is 5. The van der Waals surface area contributed by atoms with Gasteiger partial charge in [0.1, 0.15) is 22.3 Å². The van der Waals surface area contributed by atoms with Gasteiger partial charge in [0, 0.05) is 134 Å². The minimum absolute atomic E-state index is 0.195. The van der Waals surface area contributed by atoms with Crippen molar-refractivity contribution in [2.75, 3.05) is 9.80 Å². The second kappa shape index (κ2) is 33.0. The monoisotopic (exact) mass is 1960 g/mol. The summed E-state index contributed by atoms with van der Waals surface area (Å²) < 4.78 is 24.5. The van der Waals surface area contributed by atoms with Crippen molar-refractivity contribution in [2.45, 2.75) is 157 Å². The van der Waals surface area contributed by atoms with E-state index in [1.54, 1.807) is 0 Å². The zero-order valence-corrected chi connectivity index (χ0v) is 89.2. The van der Waals surface area contributed by atoms with Crippen LogP contribution in [0.2, 0.25) is 0 Å². The molecule has 0 radical (unpaired) electrons. The summed E-state index contributed by atoms with van der Waals surface area (Å²) in [5.41, 5.74) is 38.6. The maximum absolute atomic E-state index is 11.1. The second-order valence-corrected chi connectivity index (χ2v) is 50.0. The van der Waals surface area contributed by atoms with Gasteiger partial charge in [-0.3, -0.25) is 0 Å². The molecular formula is C139H114BN5O2S2. The topological polar surface area (TPSA) is 66.4 Å². The Hall–Kier alpha value is -16.0. The number of rotatable bonds is 10. The Morgan fingerprint density at radius 3 is 1.08 bits per heavy atom. The molecule has 0 saturated heterocycles. The van der Waals surface area contributed by atoms with Gasteiger partial charge in [-0.1, -0.05) is 325 Å². The van der Waals surface area contributed by atoms with E-state index in [4.69, 9.17) is 8.83 Å². The molecule has 0 saturated carbocycles. The van der Waals surface area contributed by atoms with Gasteiger partial charge in [-0.25, -0.2) is 0 Å². The number of thiophene rings is 2. The molecule has 0 bridgehead atoms. The SMILES string of the molecule is CC(C)(C)c1cc(-c2ccccc2)cc(-c2ccc3c(c2)B2c4ccc(-n5c6ccc(C#N)cc6c6cc(C(C)(C)C)ccc65)cc4N(c4c(-c5cccc6oc7ccccc7c56)cc(C(C)(C)C)cc4-c4cccc5oc6ccccc6c45)c4cc(-n5c6ccc(C(C)(C)C)cc6c6cc(C(C)(C)C)ccc65)cc(c42)N3c2c(-c3cccc4sc5ccccc5c34)cc(C(C)(C)C)cc2-c2cccc3sc4ccccc4c23)c1. The molecule has 25 aromatic rings. The number of aromatic nitrogens is 2. The molecule has 0 amide bonds. The molecule has 8 heterocycles. The number of anilines is 6. The number of fused-ring (bicyclic) bond motifs is 22. The smallest absolute Gasteiger partial charge is 0.252 e. The fourth-order valence-electron chi connectivity index (χ4n) is 24.4. The fraction of sp³-hybridized carbons (Fsp3) is 0.173. The highest BCUT2D eigenvalue weighted by molar-refractivity contribution is 7.26. The molecule has 7 nitrogen and oxygen atoms in total. The van der Waals surface area contributed by atoms with Gasteiger partial charge in [0.05, 0.1) is 50.8 Å². The Morgan fingerprint density at radius 1 is 0.242 bits per heavy atom. The third-order valence-electron chi connectivity index (χ3n) is 32.2. The van der Waals surface area contributed by atoms with E-state index < -0.39 is 12.1 Å². The molecule has 149 heavy (non-hydrogen) atoms. The van der Waals surface area contributed by atoms with E-state index in [1.807, 2.05) is 28.7 Å². The summed E-state index contributed by atoms with van der Waals surface area (Å²) in [7, 11) is 0. The van der Waals surface area contributed by atoms with Crippen molar-refractivity contribution in [3.8, 4) is 84.2 Å². The van der Waals surface area contributed by atoms with Gasteiger partial charge in [-0.15, -0.1) is 22.7 Å².